The Balaban J connectivity index is 0.987. The second-order valence-electron chi connectivity index (χ2n) is 21.8. The predicted octanol–water partition coefficient (Wildman–Crippen LogP) is 20.3. The van der Waals surface area contributed by atoms with E-state index in [0.717, 1.165) is 50.1 Å². The van der Waals surface area contributed by atoms with Crippen LogP contribution in [0.25, 0.3) is 120 Å². The molecule has 0 atom stereocenters. The molecule has 13 aromatic carbocycles. The highest BCUT2D eigenvalue weighted by Crippen LogP contribution is 2.60. The molecule has 16 rings (SSSR count). The Labute approximate surface area is 429 Å². The first kappa shape index (κ1) is 41.6. The number of anilines is 3. The van der Waals surface area contributed by atoms with Gasteiger partial charge in [-0.1, -0.05) is 228 Å². The molecule has 0 radical (unpaired) electrons. The lowest BCUT2D eigenvalue weighted by molar-refractivity contribution is 0.666. The number of nitrogens with zero attached hydrogens (tertiary/aromatic N) is 1. The van der Waals surface area contributed by atoms with E-state index >= 15 is 0 Å². The van der Waals surface area contributed by atoms with Gasteiger partial charge in [0.1, 0.15) is 5.58 Å². The van der Waals surface area contributed by atoms with Crippen LogP contribution in [0.1, 0.15) is 49.9 Å². The molecular weight excluding hydrogens is 895 g/mol. The van der Waals surface area contributed by atoms with Gasteiger partial charge in [-0.05, 0) is 134 Å². The van der Waals surface area contributed by atoms with Crippen molar-refractivity contribution in [3.63, 3.8) is 0 Å². The normalized spacial score (nSPS) is 14.2. The first-order chi connectivity index (χ1) is 36.3. The van der Waals surface area contributed by atoms with Crippen LogP contribution in [0.3, 0.4) is 0 Å². The van der Waals surface area contributed by atoms with Crippen LogP contribution >= 0.6 is 0 Å². The van der Waals surface area contributed by atoms with Crippen molar-refractivity contribution in [2.24, 2.45) is 0 Å². The van der Waals surface area contributed by atoms with Crippen LogP contribution in [-0.2, 0) is 10.8 Å². The lowest BCUT2D eigenvalue weighted by atomic mass is 9.78. The largest absolute Gasteiger partial charge is 0.453 e. The average Bonchev–Trinajstić information content (AvgIpc) is 4.05. The monoisotopic (exact) mass is 943 g/mol. The summed E-state index contributed by atoms with van der Waals surface area (Å²) in [6.07, 6.45) is 0. The standard InChI is InChI=1S/C72H49NO/c1-71(2)60-41-62(51-26-12-15-29-54(51)64(60)65-53-28-14-9-23-48(53)50-25-11-17-31-56(50)68(65)71)73(61-35-19-34-58-57-33-18-32-46(69(57)74-70(58)61)42-20-6-5-7-21-42)44-37-39-45-43(40-44)36-38-59-63-52-27-13-8-22-47(52)49-24-10-16-30-55(49)67(63)72(3,4)66(45)59/h5-41H,1-4H3. The summed E-state index contributed by atoms with van der Waals surface area (Å²) in [5.41, 5.74) is 17.5. The SMILES string of the molecule is CC1(C)c2cc(N(c3ccc4c5c(ccc4c3)-c3c(c4ccccc4c4ccccc34)C5(C)C)c3cccc4c3oc3c(-c5ccccc5)cccc34)c3ccccc3c2-c2c1c1ccccc1c1ccccc21. The summed E-state index contributed by atoms with van der Waals surface area (Å²) in [6, 6.07) is 83.6. The molecule has 0 fully saturated rings. The third-order valence-corrected chi connectivity index (χ3v) is 17.3. The van der Waals surface area contributed by atoms with Gasteiger partial charge in [-0.25, -0.2) is 0 Å². The number of benzene rings is 13. The molecule has 0 spiro atoms. The number of rotatable bonds is 4. The van der Waals surface area contributed by atoms with E-state index in [2.05, 4.69) is 257 Å². The van der Waals surface area contributed by atoms with E-state index in [4.69, 9.17) is 4.42 Å². The lowest BCUT2D eigenvalue weighted by Crippen LogP contribution is -2.18. The topological polar surface area (TPSA) is 16.4 Å². The van der Waals surface area contributed by atoms with Gasteiger partial charge in [0.15, 0.2) is 5.58 Å². The highest BCUT2D eigenvalue weighted by atomic mass is 16.3. The number of hydrogen-bond acceptors (Lipinski definition) is 2. The van der Waals surface area contributed by atoms with Gasteiger partial charge in [-0.15, -0.1) is 0 Å². The molecule has 0 N–H and O–H groups in total. The Hall–Kier alpha value is -8.98. The van der Waals surface area contributed by atoms with Gasteiger partial charge in [0, 0.05) is 38.2 Å². The van der Waals surface area contributed by atoms with Crippen LogP contribution in [0, 0.1) is 0 Å². The summed E-state index contributed by atoms with van der Waals surface area (Å²) in [4.78, 5) is 2.51. The molecular formula is C72H49NO. The summed E-state index contributed by atoms with van der Waals surface area (Å²) in [6.45, 7) is 9.76. The zero-order chi connectivity index (χ0) is 49.2. The molecule has 0 amide bonds. The van der Waals surface area contributed by atoms with Crippen molar-refractivity contribution < 1.29 is 4.42 Å². The van der Waals surface area contributed by atoms with Gasteiger partial charge in [-0.2, -0.15) is 0 Å². The molecule has 0 saturated carbocycles. The lowest BCUT2D eigenvalue weighted by Gasteiger charge is -2.30. The number of fused-ring (bicyclic) bond motifs is 23. The van der Waals surface area contributed by atoms with E-state index in [0.29, 0.717) is 0 Å². The summed E-state index contributed by atoms with van der Waals surface area (Å²) in [5, 5.41) is 17.6. The predicted molar refractivity (Wildman–Crippen MR) is 314 cm³/mol. The zero-order valence-corrected chi connectivity index (χ0v) is 41.7. The Bertz CT molecular complexity index is 4780. The molecule has 2 aliphatic rings. The maximum Gasteiger partial charge on any atom is 0.159 e. The van der Waals surface area contributed by atoms with Crippen molar-refractivity contribution in [1.82, 2.24) is 0 Å². The fraction of sp³-hybridized carbons (Fsp3) is 0.0833. The van der Waals surface area contributed by atoms with Crippen molar-refractivity contribution in [2.45, 2.75) is 38.5 Å². The van der Waals surface area contributed by atoms with Crippen molar-refractivity contribution in [3.05, 3.63) is 247 Å². The molecule has 74 heavy (non-hydrogen) atoms. The first-order valence-corrected chi connectivity index (χ1v) is 26.1. The maximum atomic E-state index is 7.33. The summed E-state index contributed by atoms with van der Waals surface area (Å²) in [7, 11) is 0. The van der Waals surface area contributed by atoms with Crippen LogP contribution in [-0.4, -0.2) is 0 Å². The van der Waals surface area contributed by atoms with Crippen molar-refractivity contribution >= 4 is 104 Å². The zero-order valence-electron chi connectivity index (χ0n) is 41.7. The number of para-hydroxylation sites is 2. The van der Waals surface area contributed by atoms with Gasteiger partial charge in [0.2, 0.25) is 0 Å². The summed E-state index contributed by atoms with van der Waals surface area (Å²) < 4.78 is 7.33. The van der Waals surface area contributed by atoms with Gasteiger partial charge in [0.05, 0.1) is 11.4 Å². The van der Waals surface area contributed by atoms with Gasteiger partial charge < -0.3 is 9.32 Å². The number of hydrogen-bond donors (Lipinski definition) is 0. The molecule has 0 unspecified atom stereocenters. The Kier molecular flexibility index (Phi) is 8.33. The van der Waals surface area contributed by atoms with E-state index in [1.54, 1.807) is 0 Å². The van der Waals surface area contributed by atoms with Crippen LogP contribution in [0.5, 0.6) is 0 Å². The van der Waals surface area contributed by atoms with E-state index in [1.165, 1.54) is 109 Å². The summed E-state index contributed by atoms with van der Waals surface area (Å²) >= 11 is 0. The van der Waals surface area contributed by atoms with E-state index in [1.807, 2.05) is 0 Å². The van der Waals surface area contributed by atoms with Gasteiger partial charge in [-0.3, -0.25) is 0 Å². The second kappa shape index (κ2) is 14.8. The minimum atomic E-state index is -0.326. The molecule has 2 nitrogen and oxygen atoms in total. The molecule has 0 aliphatic heterocycles. The van der Waals surface area contributed by atoms with Crippen LogP contribution in [0.4, 0.5) is 17.1 Å². The molecule has 1 aromatic heterocycles. The van der Waals surface area contributed by atoms with Crippen molar-refractivity contribution in [1.29, 1.82) is 0 Å². The van der Waals surface area contributed by atoms with E-state index in [9.17, 15) is 0 Å². The van der Waals surface area contributed by atoms with Crippen LogP contribution in [0.15, 0.2) is 229 Å². The second-order valence-corrected chi connectivity index (χ2v) is 21.8. The Morgan fingerprint density at radius 2 is 0.824 bits per heavy atom. The van der Waals surface area contributed by atoms with Gasteiger partial charge >= 0.3 is 0 Å². The molecule has 0 bridgehead atoms. The minimum Gasteiger partial charge on any atom is -0.453 e. The highest BCUT2D eigenvalue weighted by Gasteiger charge is 2.42. The third kappa shape index (κ3) is 5.39. The van der Waals surface area contributed by atoms with E-state index in [-0.39, 0.29) is 10.8 Å². The molecule has 1 heterocycles. The van der Waals surface area contributed by atoms with Crippen LogP contribution in [0.2, 0.25) is 0 Å². The van der Waals surface area contributed by atoms with E-state index < -0.39 is 0 Å². The molecule has 14 aromatic rings. The van der Waals surface area contributed by atoms with Crippen LogP contribution < -0.4 is 4.90 Å². The fourth-order valence-corrected chi connectivity index (χ4v) is 14.3. The fourth-order valence-electron chi connectivity index (χ4n) is 14.3. The third-order valence-electron chi connectivity index (χ3n) is 17.3. The summed E-state index contributed by atoms with van der Waals surface area (Å²) in [5.74, 6) is 0. The first-order valence-electron chi connectivity index (χ1n) is 26.1. The molecule has 2 aliphatic carbocycles. The smallest absolute Gasteiger partial charge is 0.159 e. The Morgan fingerprint density at radius 3 is 1.49 bits per heavy atom. The average molecular weight is 944 g/mol. The number of furan rings is 1. The quantitative estimate of drug-likeness (QED) is 0.164. The Morgan fingerprint density at radius 1 is 0.311 bits per heavy atom. The minimum absolute atomic E-state index is 0.254. The van der Waals surface area contributed by atoms with Crippen molar-refractivity contribution in [3.8, 4) is 33.4 Å². The molecule has 348 valence electrons. The maximum absolute atomic E-state index is 7.33. The molecule has 2 heteroatoms. The van der Waals surface area contributed by atoms with Gasteiger partial charge in [0.25, 0.3) is 0 Å². The highest BCUT2D eigenvalue weighted by molar-refractivity contribution is 6.24. The van der Waals surface area contributed by atoms with Crippen molar-refractivity contribution in [2.75, 3.05) is 4.90 Å². The molecule has 0 saturated heterocycles.